The summed E-state index contributed by atoms with van der Waals surface area (Å²) in [6.45, 7) is 0. The van der Waals surface area contributed by atoms with E-state index >= 15 is 0 Å². The Bertz CT molecular complexity index is 1020. The molecule has 25 heavy (non-hydrogen) atoms. The summed E-state index contributed by atoms with van der Waals surface area (Å²) in [4.78, 5) is 0. The summed E-state index contributed by atoms with van der Waals surface area (Å²) in [5.41, 5.74) is 3.87. The minimum atomic E-state index is -0.346. The van der Waals surface area contributed by atoms with Crippen molar-refractivity contribution in [2.75, 3.05) is 5.32 Å². The molecule has 0 spiro atoms. The van der Waals surface area contributed by atoms with Gasteiger partial charge in [-0.2, -0.15) is 10.4 Å². The fraction of sp³-hybridized carbons (Fsp3) is 0.0526. The molecule has 1 unspecified atom stereocenters. The Kier molecular flexibility index (Phi) is 3.96. The second-order valence-electron chi connectivity index (χ2n) is 5.67. The van der Waals surface area contributed by atoms with Gasteiger partial charge in [0.15, 0.2) is 0 Å². The molecule has 1 aliphatic heterocycles. The Hall–Kier alpha value is -2.74. The highest BCUT2D eigenvalue weighted by molar-refractivity contribution is 6.42. The van der Waals surface area contributed by atoms with Crippen molar-refractivity contribution in [1.82, 2.24) is 10.2 Å². The van der Waals surface area contributed by atoms with Gasteiger partial charge in [-0.15, -0.1) is 0 Å². The Morgan fingerprint density at radius 1 is 1.00 bits per heavy atom. The van der Waals surface area contributed by atoms with Crippen LogP contribution in [0, 0.1) is 11.3 Å². The van der Waals surface area contributed by atoms with Gasteiger partial charge in [-0.3, -0.25) is 5.10 Å². The molecule has 3 aromatic rings. The number of allylic oxidation sites excluding steroid dienone is 1. The van der Waals surface area contributed by atoms with Crippen molar-refractivity contribution in [3.63, 3.8) is 0 Å². The van der Waals surface area contributed by atoms with Gasteiger partial charge in [0.1, 0.15) is 5.82 Å². The molecule has 1 aliphatic rings. The van der Waals surface area contributed by atoms with E-state index in [0.717, 1.165) is 28.2 Å². The van der Waals surface area contributed by atoms with E-state index in [1.54, 1.807) is 12.3 Å². The van der Waals surface area contributed by atoms with Crippen molar-refractivity contribution in [3.05, 3.63) is 87.0 Å². The van der Waals surface area contributed by atoms with Crippen molar-refractivity contribution in [1.29, 1.82) is 5.26 Å². The van der Waals surface area contributed by atoms with Gasteiger partial charge in [0, 0.05) is 5.56 Å². The number of fused-ring (bicyclic) bond motifs is 1. The highest BCUT2D eigenvalue weighted by Gasteiger charge is 2.33. The van der Waals surface area contributed by atoms with E-state index in [1.165, 1.54) is 0 Å². The normalized spacial score (nSPS) is 16.1. The number of rotatable bonds is 2. The summed E-state index contributed by atoms with van der Waals surface area (Å²) in [5.74, 6) is 0.403. The molecule has 0 fully saturated rings. The quantitative estimate of drug-likeness (QED) is 0.654. The molecule has 122 valence electrons. The zero-order valence-corrected chi connectivity index (χ0v) is 14.4. The molecule has 4 nitrogen and oxygen atoms in total. The molecule has 1 atom stereocenters. The molecular weight excluding hydrogens is 355 g/mol. The first-order valence-electron chi connectivity index (χ1n) is 7.64. The van der Waals surface area contributed by atoms with E-state index in [2.05, 4.69) is 21.6 Å². The van der Waals surface area contributed by atoms with Crippen LogP contribution >= 0.6 is 23.2 Å². The fourth-order valence-corrected chi connectivity index (χ4v) is 3.54. The minimum absolute atomic E-state index is 0.346. The van der Waals surface area contributed by atoms with Gasteiger partial charge in [0.25, 0.3) is 0 Å². The van der Waals surface area contributed by atoms with Crippen molar-refractivity contribution in [2.24, 2.45) is 0 Å². The molecule has 0 saturated carbocycles. The maximum Gasteiger partial charge on any atom is 0.130 e. The number of nitrogens with one attached hydrogen (secondary N) is 2. The van der Waals surface area contributed by atoms with E-state index in [9.17, 15) is 5.26 Å². The first-order valence-corrected chi connectivity index (χ1v) is 8.40. The van der Waals surface area contributed by atoms with Crippen LogP contribution in [0.25, 0.3) is 5.70 Å². The van der Waals surface area contributed by atoms with Gasteiger partial charge in [0.2, 0.25) is 0 Å². The molecule has 4 rings (SSSR count). The Morgan fingerprint density at radius 3 is 2.56 bits per heavy atom. The lowest BCUT2D eigenvalue weighted by Gasteiger charge is -2.27. The average molecular weight is 367 g/mol. The first kappa shape index (κ1) is 15.8. The lowest BCUT2D eigenvalue weighted by atomic mass is 9.82. The summed E-state index contributed by atoms with van der Waals surface area (Å²) in [7, 11) is 0. The molecule has 6 heteroatoms. The standard InChI is InChI=1S/C19H12Cl2N4/c20-15-8-4-7-12(17(15)21)16-13(9-22)18(11-5-2-1-3-6-11)24-19-14(16)10-23-25-19/h1-8,10,16H,(H2,23,24,25). The second-order valence-corrected chi connectivity index (χ2v) is 6.45. The third-order valence-electron chi connectivity index (χ3n) is 4.26. The summed E-state index contributed by atoms with van der Waals surface area (Å²) in [6.07, 6.45) is 1.71. The van der Waals surface area contributed by atoms with Crippen LogP contribution in [0.4, 0.5) is 5.82 Å². The number of hydrogen-bond donors (Lipinski definition) is 2. The predicted molar refractivity (Wildman–Crippen MR) is 99.5 cm³/mol. The molecule has 0 bridgehead atoms. The van der Waals surface area contributed by atoms with Gasteiger partial charge in [-0.05, 0) is 17.2 Å². The summed E-state index contributed by atoms with van der Waals surface area (Å²) < 4.78 is 0. The maximum absolute atomic E-state index is 9.92. The number of halogens is 2. The van der Waals surface area contributed by atoms with Crippen LogP contribution in [0.15, 0.2) is 60.3 Å². The van der Waals surface area contributed by atoms with Crippen molar-refractivity contribution in [3.8, 4) is 6.07 Å². The molecule has 2 heterocycles. The van der Waals surface area contributed by atoms with Gasteiger partial charge in [0.05, 0.1) is 39.5 Å². The van der Waals surface area contributed by atoms with Gasteiger partial charge in [-0.1, -0.05) is 65.7 Å². The van der Waals surface area contributed by atoms with Crippen molar-refractivity contribution in [2.45, 2.75) is 5.92 Å². The largest absolute Gasteiger partial charge is 0.339 e. The van der Waals surface area contributed by atoms with E-state index < -0.39 is 0 Å². The monoisotopic (exact) mass is 366 g/mol. The third-order valence-corrected chi connectivity index (χ3v) is 5.10. The van der Waals surface area contributed by atoms with E-state index in [4.69, 9.17) is 23.2 Å². The van der Waals surface area contributed by atoms with Crippen LogP contribution in [0.1, 0.15) is 22.6 Å². The van der Waals surface area contributed by atoms with Crippen LogP contribution in [0.3, 0.4) is 0 Å². The van der Waals surface area contributed by atoms with Gasteiger partial charge >= 0.3 is 0 Å². The van der Waals surface area contributed by atoms with E-state index in [-0.39, 0.29) is 5.92 Å². The first-order chi connectivity index (χ1) is 12.2. The number of aromatic nitrogens is 2. The van der Waals surface area contributed by atoms with Gasteiger partial charge in [-0.25, -0.2) is 0 Å². The van der Waals surface area contributed by atoms with Crippen LogP contribution < -0.4 is 5.32 Å². The van der Waals surface area contributed by atoms with Crippen molar-refractivity contribution >= 4 is 34.7 Å². The van der Waals surface area contributed by atoms with Gasteiger partial charge < -0.3 is 5.32 Å². The maximum atomic E-state index is 9.92. The number of nitriles is 1. The number of hydrogen-bond acceptors (Lipinski definition) is 3. The Labute approximate surface area is 154 Å². The van der Waals surface area contributed by atoms with E-state index in [1.807, 2.05) is 42.5 Å². The molecule has 0 saturated heterocycles. The van der Waals surface area contributed by atoms with Crippen LogP contribution in [-0.4, -0.2) is 10.2 Å². The molecule has 2 aromatic carbocycles. The lowest BCUT2D eigenvalue weighted by molar-refractivity contribution is 0.971. The molecule has 0 amide bonds. The molecule has 0 radical (unpaired) electrons. The summed E-state index contributed by atoms with van der Waals surface area (Å²) in [6, 6.07) is 17.5. The molecule has 1 aromatic heterocycles. The second kappa shape index (κ2) is 6.29. The number of H-pyrrole nitrogens is 1. The summed E-state index contributed by atoms with van der Waals surface area (Å²) in [5, 5.41) is 21.2. The zero-order valence-electron chi connectivity index (χ0n) is 12.9. The van der Waals surface area contributed by atoms with E-state index in [0.29, 0.717) is 15.6 Å². The Balaban J connectivity index is 1.99. The number of nitrogens with zero attached hydrogens (tertiary/aromatic N) is 2. The zero-order chi connectivity index (χ0) is 17.4. The minimum Gasteiger partial charge on any atom is -0.339 e. The summed E-state index contributed by atoms with van der Waals surface area (Å²) >= 11 is 12.7. The highest BCUT2D eigenvalue weighted by atomic mass is 35.5. The number of benzene rings is 2. The SMILES string of the molecule is N#CC1=C(c2ccccc2)Nc2[nH]ncc2C1c1cccc(Cl)c1Cl. The topological polar surface area (TPSA) is 64.5 Å². The smallest absolute Gasteiger partial charge is 0.130 e. The predicted octanol–water partition coefficient (Wildman–Crippen LogP) is 5.21. The molecular formula is C19H12Cl2N4. The van der Waals surface area contributed by atoms with Crippen molar-refractivity contribution < 1.29 is 0 Å². The third kappa shape index (κ3) is 2.58. The number of aromatic amines is 1. The molecule has 2 N–H and O–H groups in total. The average Bonchev–Trinajstić information content (AvgIpc) is 3.11. The molecule has 0 aliphatic carbocycles. The number of anilines is 1. The van der Waals surface area contributed by atoms with Crippen LogP contribution in [0.5, 0.6) is 0 Å². The van der Waals surface area contributed by atoms with Crippen LogP contribution in [-0.2, 0) is 0 Å². The highest BCUT2D eigenvalue weighted by Crippen LogP contribution is 2.46. The fourth-order valence-electron chi connectivity index (χ4n) is 3.13. The van der Waals surface area contributed by atoms with Crippen LogP contribution in [0.2, 0.25) is 10.0 Å². The Morgan fingerprint density at radius 2 is 1.80 bits per heavy atom. The lowest BCUT2D eigenvalue weighted by Crippen LogP contribution is -2.17.